The number of fused-ring (bicyclic) bond motifs is 1. The normalized spacial score (nSPS) is 21.1. The molecule has 0 bridgehead atoms. The first kappa shape index (κ1) is 38.0. The van der Waals surface area contributed by atoms with E-state index in [1.165, 1.54) is 21.1 Å². The second-order valence-corrected chi connectivity index (χ2v) is 14.8. The Hall–Kier alpha value is -3.77. The fourth-order valence-corrected chi connectivity index (χ4v) is 8.54. The number of nitrogens with two attached hydrogens (primary N) is 1. The van der Waals surface area contributed by atoms with Gasteiger partial charge >= 0.3 is 24.4 Å². The lowest BCUT2D eigenvalue weighted by Gasteiger charge is -2.42. The number of carbonyl (C=O) groups is 3. The summed E-state index contributed by atoms with van der Waals surface area (Å²) in [7, 11) is 2.06. The van der Waals surface area contributed by atoms with Gasteiger partial charge in [-0.05, 0) is 67.8 Å². The number of nitrogens with one attached hydrogen (secondary N) is 2. The summed E-state index contributed by atoms with van der Waals surface area (Å²) in [5.41, 5.74) is 2.03. The summed E-state index contributed by atoms with van der Waals surface area (Å²) in [6.45, 7) is 5.28. The highest BCUT2D eigenvalue weighted by molar-refractivity contribution is 7.08. The standard InChI is InChI=1S/C34H44F6N8O3S/c1-44-12-14-45(15-13-44)23-3-7-46(8-4-23)30(49)27(18-21-16-25(33(35,36)37)29(41)26(17-21)34(38,39)40)42-31(50)47-9-5-24(6-10-47)48-11-2-22-19-52-20-28(22)43-32(48)51/h16-17,19-20,23-24,27H,2-15,18,41H2,1H3,(H,42,50)(H,43,51)/t27-/m1/s1. The van der Waals surface area contributed by atoms with Crippen LogP contribution in [-0.4, -0.2) is 127 Å². The Bertz CT molecular complexity index is 1580. The smallest absolute Gasteiger partial charge is 0.398 e. The molecule has 4 aliphatic rings. The van der Waals surface area contributed by atoms with Crippen LogP contribution >= 0.6 is 11.3 Å². The van der Waals surface area contributed by atoms with E-state index in [9.17, 15) is 40.7 Å². The first-order chi connectivity index (χ1) is 24.6. The number of amides is 5. The van der Waals surface area contributed by atoms with Crippen molar-refractivity contribution in [3.05, 3.63) is 45.1 Å². The number of urea groups is 2. The molecule has 3 saturated heterocycles. The SMILES string of the molecule is CN1CCN(C2CCN(C(=O)[C@@H](Cc3cc(C(F)(F)F)c(N)c(C(F)(F)F)c3)NC(=O)N3CCC(N4CCc5cscc5NC4=O)CC3)CC2)CC1. The molecule has 3 fully saturated rings. The summed E-state index contributed by atoms with van der Waals surface area (Å²) in [4.78, 5) is 50.0. The van der Waals surface area contributed by atoms with Crippen molar-refractivity contribution >= 4 is 40.7 Å². The van der Waals surface area contributed by atoms with Gasteiger partial charge in [-0.3, -0.25) is 9.69 Å². The first-order valence-electron chi connectivity index (χ1n) is 17.5. The zero-order valence-electron chi connectivity index (χ0n) is 28.9. The number of nitrogen functional groups attached to an aromatic ring is 1. The Kier molecular flexibility index (Phi) is 11.2. The lowest BCUT2D eigenvalue weighted by molar-refractivity contribution is -0.141. The Balaban J connectivity index is 1.16. The fraction of sp³-hybridized carbons (Fsp3) is 0.618. The monoisotopic (exact) mass is 758 g/mol. The van der Waals surface area contributed by atoms with Gasteiger partial charge in [-0.1, -0.05) is 0 Å². The van der Waals surface area contributed by atoms with Gasteiger partial charge in [0.2, 0.25) is 5.91 Å². The van der Waals surface area contributed by atoms with Crippen LogP contribution in [0, 0.1) is 0 Å². The molecule has 286 valence electrons. The van der Waals surface area contributed by atoms with Crippen LogP contribution in [0.15, 0.2) is 22.9 Å². The minimum Gasteiger partial charge on any atom is -0.398 e. The number of hydrogen-bond acceptors (Lipinski definition) is 7. The van der Waals surface area contributed by atoms with Gasteiger partial charge < -0.3 is 36.0 Å². The molecule has 1 atom stereocenters. The van der Waals surface area contributed by atoms with E-state index in [1.54, 1.807) is 4.90 Å². The molecular formula is C34H44F6N8O3S. The van der Waals surface area contributed by atoms with Crippen molar-refractivity contribution in [3.63, 3.8) is 0 Å². The third-order valence-electron chi connectivity index (χ3n) is 10.8. The summed E-state index contributed by atoms with van der Waals surface area (Å²) >= 11 is 1.51. The molecule has 0 saturated carbocycles. The van der Waals surface area contributed by atoms with Crippen LogP contribution in [-0.2, 0) is 30.0 Å². The molecule has 11 nitrogen and oxygen atoms in total. The third kappa shape index (κ3) is 8.54. The number of anilines is 2. The molecule has 5 heterocycles. The van der Waals surface area contributed by atoms with Crippen molar-refractivity contribution in [2.45, 2.75) is 69.0 Å². The molecule has 4 aliphatic heterocycles. The Morgan fingerprint density at radius 1 is 0.865 bits per heavy atom. The Morgan fingerprint density at radius 2 is 1.44 bits per heavy atom. The van der Waals surface area contributed by atoms with E-state index in [1.807, 2.05) is 10.8 Å². The summed E-state index contributed by atoms with van der Waals surface area (Å²) in [6, 6.07) is -1.18. The second kappa shape index (κ2) is 15.3. The van der Waals surface area contributed by atoms with Gasteiger partial charge in [0.1, 0.15) is 6.04 Å². The van der Waals surface area contributed by atoms with Gasteiger partial charge in [-0.15, -0.1) is 11.3 Å². The van der Waals surface area contributed by atoms with E-state index in [-0.39, 0.29) is 31.2 Å². The van der Waals surface area contributed by atoms with Gasteiger partial charge in [0.15, 0.2) is 0 Å². The molecule has 1 aromatic carbocycles. The minimum atomic E-state index is -5.19. The van der Waals surface area contributed by atoms with Gasteiger partial charge in [0.25, 0.3) is 0 Å². The van der Waals surface area contributed by atoms with E-state index in [0.29, 0.717) is 63.9 Å². The number of piperidine rings is 2. The molecule has 0 unspecified atom stereocenters. The molecular weight excluding hydrogens is 714 g/mol. The molecule has 0 radical (unpaired) electrons. The largest absolute Gasteiger partial charge is 0.418 e. The summed E-state index contributed by atoms with van der Waals surface area (Å²) in [5.74, 6) is -0.576. The summed E-state index contributed by atoms with van der Waals surface area (Å²) in [6.07, 6.45) is -8.08. The highest BCUT2D eigenvalue weighted by Gasteiger charge is 2.42. The topological polar surface area (TPSA) is 117 Å². The van der Waals surface area contributed by atoms with Crippen LogP contribution < -0.4 is 16.4 Å². The highest BCUT2D eigenvalue weighted by Crippen LogP contribution is 2.42. The van der Waals surface area contributed by atoms with Gasteiger partial charge in [-0.25, -0.2) is 9.59 Å². The van der Waals surface area contributed by atoms with Crippen molar-refractivity contribution in [3.8, 4) is 0 Å². The Morgan fingerprint density at radius 3 is 2.04 bits per heavy atom. The van der Waals surface area contributed by atoms with Crippen molar-refractivity contribution in [1.82, 2.24) is 29.8 Å². The number of likely N-dealkylation sites (tertiary alicyclic amines) is 2. The molecule has 5 amide bonds. The first-order valence-corrected chi connectivity index (χ1v) is 18.5. The minimum absolute atomic E-state index is 0.146. The molecule has 4 N–H and O–H groups in total. The maximum Gasteiger partial charge on any atom is 0.418 e. The number of halogens is 6. The van der Waals surface area contributed by atoms with E-state index in [2.05, 4.69) is 27.5 Å². The number of alkyl halides is 6. The average molecular weight is 759 g/mol. The quantitative estimate of drug-likeness (QED) is 0.289. The lowest BCUT2D eigenvalue weighted by atomic mass is 9.96. The number of piperazine rings is 1. The van der Waals surface area contributed by atoms with Crippen LogP contribution in [0.1, 0.15) is 47.9 Å². The van der Waals surface area contributed by atoms with Crippen LogP contribution in [0.3, 0.4) is 0 Å². The van der Waals surface area contributed by atoms with Crippen LogP contribution in [0.5, 0.6) is 0 Å². The highest BCUT2D eigenvalue weighted by atomic mass is 32.1. The molecule has 18 heteroatoms. The second-order valence-electron chi connectivity index (χ2n) is 14.1. The number of likely N-dealkylation sites (N-methyl/N-ethyl adjacent to an activating group) is 1. The number of thiophene rings is 1. The predicted molar refractivity (Wildman–Crippen MR) is 184 cm³/mol. The maximum absolute atomic E-state index is 14.0. The summed E-state index contributed by atoms with van der Waals surface area (Å²) < 4.78 is 83.3. The third-order valence-corrected chi connectivity index (χ3v) is 11.6. The van der Waals surface area contributed by atoms with Gasteiger partial charge in [0.05, 0.1) is 22.5 Å². The molecule has 0 aliphatic carbocycles. The fourth-order valence-electron chi connectivity index (χ4n) is 7.72. The van der Waals surface area contributed by atoms with Crippen molar-refractivity contribution in [1.29, 1.82) is 0 Å². The maximum atomic E-state index is 14.0. The number of benzene rings is 1. The molecule has 2 aromatic rings. The van der Waals surface area contributed by atoms with Gasteiger partial charge in [-0.2, -0.15) is 26.3 Å². The molecule has 52 heavy (non-hydrogen) atoms. The van der Waals surface area contributed by atoms with E-state index < -0.39 is 59.1 Å². The zero-order chi connectivity index (χ0) is 37.4. The van der Waals surface area contributed by atoms with E-state index in [0.717, 1.165) is 37.4 Å². The predicted octanol–water partition coefficient (Wildman–Crippen LogP) is 4.78. The van der Waals surface area contributed by atoms with Crippen LogP contribution in [0.2, 0.25) is 0 Å². The van der Waals surface area contributed by atoms with Crippen molar-refractivity contribution < 1.29 is 40.7 Å². The summed E-state index contributed by atoms with van der Waals surface area (Å²) in [5, 5.41) is 9.48. The lowest BCUT2D eigenvalue weighted by Crippen LogP contribution is -2.58. The Labute approximate surface area is 302 Å². The van der Waals surface area contributed by atoms with Gasteiger partial charge in [0, 0.05) is 82.8 Å². The molecule has 1 aromatic heterocycles. The van der Waals surface area contributed by atoms with Crippen LogP contribution in [0.4, 0.5) is 47.3 Å². The number of carbonyl (C=O) groups excluding carboxylic acids is 3. The molecule has 6 rings (SSSR count). The van der Waals surface area contributed by atoms with E-state index in [4.69, 9.17) is 5.73 Å². The number of hydrogen-bond donors (Lipinski definition) is 3. The van der Waals surface area contributed by atoms with Crippen molar-refractivity contribution in [2.24, 2.45) is 0 Å². The molecule has 0 spiro atoms. The van der Waals surface area contributed by atoms with E-state index >= 15 is 0 Å². The number of rotatable bonds is 6. The van der Waals surface area contributed by atoms with Crippen LogP contribution in [0.25, 0.3) is 0 Å². The van der Waals surface area contributed by atoms with Crippen molar-refractivity contribution in [2.75, 3.05) is 77.0 Å². The zero-order valence-corrected chi connectivity index (χ0v) is 29.7. The number of nitrogens with zero attached hydrogens (tertiary/aromatic N) is 5. The average Bonchev–Trinajstić information content (AvgIpc) is 3.47.